The summed E-state index contributed by atoms with van der Waals surface area (Å²) in [6.07, 6.45) is 7.79. The molecule has 4 rings (SSSR count). The summed E-state index contributed by atoms with van der Waals surface area (Å²) >= 11 is 0. The van der Waals surface area contributed by atoms with Crippen molar-refractivity contribution in [3.05, 3.63) is 49.6 Å². The second kappa shape index (κ2) is 14.5. The van der Waals surface area contributed by atoms with Crippen LogP contribution in [0.5, 0.6) is 5.75 Å². The van der Waals surface area contributed by atoms with Gasteiger partial charge in [0.2, 0.25) is 17.7 Å². The van der Waals surface area contributed by atoms with Crippen molar-refractivity contribution < 1.29 is 29.0 Å². The van der Waals surface area contributed by atoms with Crippen LogP contribution < -0.4 is 9.64 Å². The van der Waals surface area contributed by atoms with Crippen molar-refractivity contribution in [1.29, 1.82) is 0 Å². The molecule has 3 aliphatic rings. The van der Waals surface area contributed by atoms with Gasteiger partial charge in [0.05, 0.1) is 36.7 Å². The third-order valence-electron chi connectivity index (χ3n) is 10.2. The van der Waals surface area contributed by atoms with Gasteiger partial charge in [0.1, 0.15) is 17.4 Å². The van der Waals surface area contributed by atoms with Gasteiger partial charge in [-0.2, -0.15) is 0 Å². The second-order valence-electron chi connectivity index (χ2n) is 13.0. The average molecular weight is 624 g/mol. The number of benzene rings is 1. The smallest absolute Gasteiger partial charge is 0.248 e. The summed E-state index contributed by atoms with van der Waals surface area (Å²) in [6.45, 7) is 19.1. The Balaban J connectivity index is 1.82. The maximum Gasteiger partial charge on any atom is 0.248 e. The van der Waals surface area contributed by atoms with Gasteiger partial charge in [-0.15, -0.1) is 13.2 Å². The Labute approximate surface area is 269 Å². The van der Waals surface area contributed by atoms with Gasteiger partial charge in [0.25, 0.3) is 0 Å². The molecular formula is C36H53N3O6. The molecule has 9 nitrogen and oxygen atoms in total. The van der Waals surface area contributed by atoms with E-state index in [9.17, 15) is 19.5 Å². The minimum atomic E-state index is -1.17. The lowest BCUT2D eigenvalue weighted by Crippen LogP contribution is -2.59. The number of rotatable bonds is 17. The molecule has 9 heteroatoms. The zero-order valence-electron chi connectivity index (χ0n) is 27.9. The normalized spacial score (nSPS) is 27.4. The number of hydrogen-bond acceptors (Lipinski definition) is 6. The van der Waals surface area contributed by atoms with Crippen molar-refractivity contribution >= 4 is 23.4 Å². The van der Waals surface area contributed by atoms with Crippen LogP contribution in [0.4, 0.5) is 5.69 Å². The zero-order valence-corrected chi connectivity index (χ0v) is 27.9. The zero-order chi connectivity index (χ0) is 32.9. The number of ether oxygens (including phenoxy) is 2. The Hall–Kier alpha value is -3.17. The quantitative estimate of drug-likeness (QED) is 0.194. The van der Waals surface area contributed by atoms with Crippen LogP contribution in [0.15, 0.2) is 49.6 Å². The van der Waals surface area contributed by atoms with Gasteiger partial charge >= 0.3 is 0 Å². The van der Waals surface area contributed by atoms with Gasteiger partial charge in [-0.1, -0.05) is 52.7 Å². The predicted octanol–water partition coefficient (Wildman–Crippen LogP) is 4.98. The van der Waals surface area contributed by atoms with Crippen LogP contribution in [0.25, 0.3) is 0 Å². The molecule has 248 valence electrons. The molecule has 6 atom stereocenters. The lowest BCUT2D eigenvalue weighted by Gasteiger charge is -2.40. The Bertz CT molecular complexity index is 1230. The first kappa shape index (κ1) is 34.7. The van der Waals surface area contributed by atoms with Crippen LogP contribution >= 0.6 is 0 Å². The summed E-state index contributed by atoms with van der Waals surface area (Å²) in [5.41, 5.74) is -1.38. The Morgan fingerprint density at radius 2 is 1.78 bits per heavy atom. The first-order valence-electron chi connectivity index (χ1n) is 16.8. The summed E-state index contributed by atoms with van der Waals surface area (Å²) in [4.78, 5) is 49.3. The molecular weight excluding hydrogens is 570 g/mol. The summed E-state index contributed by atoms with van der Waals surface area (Å²) in [5, 5.41) is 10.6. The molecule has 0 aromatic heterocycles. The SMILES string of the molecule is C=CCN(CCCCC)C(=O)C1N([C@@H](CO)C(C)C)C(=O)[C@@H]2[C@H](C(=O)N(CC=C)c3ccc(OCC)cc3)[C@]3(CC)CCC12O3. The number of aliphatic hydroxyl groups is 1. The van der Waals surface area contributed by atoms with Gasteiger partial charge in [-0.25, -0.2) is 0 Å². The molecule has 1 spiro atoms. The van der Waals surface area contributed by atoms with Crippen molar-refractivity contribution in [3.8, 4) is 5.75 Å². The monoisotopic (exact) mass is 623 g/mol. The number of anilines is 1. The van der Waals surface area contributed by atoms with Crippen molar-refractivity contribution in [2.45, 2.75) is 96.4 Å². The molecule has 0 saturated carbocycles. The topological polar surface area (TPSA) is 99.6 Å². The molecule has 1 N–H and O–H groups in total. The van der Waals surface area contributed by atoms with Crippen LogP contribution in [0.1, 0.15) is 73.1 Å². The highest BCUT2D eigenvalue weighted by atomic mass is 16.5. The third kappa shape index (κ3) is 6.06. The van der Waals surface area contributed by atoms with E-state index in [1.165, 1.54) is 0 Å². The van der Waals surface area contributed by atoms with E-state index in [0.29, 0.717) is 50.4 Å². The Morgan fingerprint density at radius 1 is 1.09 bits per heavy atom. The van der Waals surface area contributed by atoms with Gasteiger partial charge in [0.15, 0.2) is 0 Å². The van der Waals surface area contributed by atoms with Crippen LogP contribution in [0.3, 0.4) is 0 Å². The second-order valence-corrected chi connectivity index (χ2v) is 13.0. The predicted molar refractivity (Wildman–Crippen MR) is 176 cm³/mol. The number of carbonyl (C=O) groups excluding carboxylic acids is 3. The highest BCUT2D eigenvalue weighted by Crippen LogP contribution is 2.65. The van der Waals surface area contributed by atoms with Crippen LogP contribution in [-0.2, 0) is 19.1 Å². The van der Waals surface area contributed by atoms with Crippen molar-refractivity contribution in [2.75, 3.05) is 37.7 Å². The highest BCUT2D eigenvalue weighted by molar-refractivity contribution is 6.03. The number of fused-ring (bicyclic) bond motifs is 1. The summed E-state index contributed by atoms with van der Waals surface area (Å²) in [7, 11) is 0. The minimum absolute atomic E-state index is 0.120. The van der Waals surface area contributed by atoms with Gasteiger partial charge in [-0.3, -0.25) is 14.4 Å². The molecule has 1 aromatic carbocycles. The number of carbonyl (C=O) groups is 3. The molecule has 3 saturated heterocycles. The van der Waals surface area contributed by atoms with Gasteiger partial charge in [-0.05, 0) is 62.8 Å². The van der Waals surface area contributed by atoms with Crippen molar-refractivity contribution in [1.82, 2.24) is 9.80 Å². The number of unbranched alkanes of at least 4 members (excludes halogenated alkanes) is 2. The number of amides is 3. The van der Waals surface area contributed by atoms with E-state index in [1.54, 1.807) is 26.9 Å². The molecule has 3 aliphatic heterocycles. The van der Waals surface area contributed by atoms with Crippen LogP contribution in [-0.4, -0.2) is 88.8 Å². The van der Waals surface area contributed by atoms with Crippen LogP contribution in [0, 0.1) is 17.8 Å². The lowest BCUT2D eigenvalue weighted by atomic mass is 9.64. The lowest BCUT2D eigenvalue weighted by molar-refractivity contribution is -0.157. The summed E-state index contributed by atoms with van der Waals surface area (Å²) < 4.78 is 12.6. The van der Waals surface area contributed by atoms with Crippen LogP contribution in [0.2, 0.25) is 0 Å². The fourth-order valence-corrected chi connectivity index (χ4v) is 7.97. The van der Waals surface area contributed by atoms with Gasteiger partial charge < -0.3 is 29.3 Å². The first-order chi connectivity index (χ1) is 21.6. The van der Waals surface area contributed by atoms with Crippen molar-refractivity contribution in [2.24, 2.45) is 17.8 Å². The van der Waals surface area contributed by atoms with Gasteiger partial charge in [0, 0.05) is 25.3 Å². The molecule has 3 amide bonds. The number of nitrogens with zero attached hydrogens (tertiary/aromatic N) is 3. The number of aliphatic hydroxyl groups excluding tert-OH is 1. The Kier molecular flexibility index (Phi) is 11.2. The van der Waals surface area contributed by atoms with E-state index in [-0.39, 0.29) is 36.8 Å². The fraction of sp³-hybridized carbons (Fsp3) is 0.639. The van der Waals surface area contributed by atoms with E-state index < -0.39 is 35.1 Å². The highest BCUT2D eigenvalue weighted by Gasteiger charge is 2.79. The number of likely N-dealkylation sites (tertiary alicyclic amines) is 1. The molecule has 45 heavy (non-hydrogen) atoms. The molecule has 3 fully saturated rings. The molecule has 1 aromatic rings. The standard InChI is InChI=1S/C36H53N3O6/c1-8-13-14-23-37(21-9-2)34(43)31-36-20-19-35(11-4,45-36)29(30(36)33(42)39(31)28(24-40)25(6)7)32(41)38(22-10-3)26-15-17-27(18-16-26)44-12-5/h9-10,15-18,25,28-31,40H,2-3,8,11-14,19-24H2,1,4-7H3/t28-,29+,30-,31?,35-,36?/m0/s1. The summed E-state index contributed by atoms with van der Waals surface area (Å²) in [6, 6.07) is 5.80. The molecule has 0 aliphatic carbocycles. The van der Waals surface area contributed by atoms with E-state index in [4.69, 9.17) is 9.47 Å². The first-order valence-corrected chi connectivity index (χ1v) is 16.8. The van der Waals surface area contributed by atoms with Crippen molar-refractivity contribution in [3.63, 3.8) is 0 Å². The Morgan fingerprint density at radius 3 is 2.33 bits per heavy atom. The van der Waals surface area contributed by atoms with E-state index in [1.807, 2.05) is 52.0 Å². The fourth-order valence-electron chi connectivity index (χ4n) is 7.97. The molecule has 2 unspecified atom stereocenters. The summed E-state index contributed by atoms with van der Waals surface area (Å²) in [5.74, 6) is -1.77. The largest absolute Gasteiger partial charge is 0.494 e. The molecule has 0 radical (unpaired) electrons. The molecule has 2 bridgehead atoms. The van der Waals surface area contributed by atoms with E-state index in [0.717, 1.165) is 19.3 Å². The van der Waals surface area contributed by atoms with E-state index >= 15 is 0 Å². The van der Waals surface area contributed by atoms with E-state index in [2.05, 4.69) is 20.1 Å². The maximum atomic E-state index is 14.8. The minimum Gasteiger partial charge on any atom is -0.494 e. The average Bonchev–Trinajstić information content (AvgIpc) is 3.63. The number of hydrogen-bond donors (Lipinski definition) is 1. The maximum absolute atomic E-state index is 14.8. The third-order valence-corrected chi connectivity index (χ3v) is 10.2. The molecule has 3 heterocycles.